The predicted octanol–water partition coefficient (Wildman–Crippen LogP) is 1.54. The molecule has 3 atom stereocenters. The van der Waals surface area contributed by atoms with E-state index in [9.17, 15) is 0 Å². The summed E-state index contributed by atoms with van der Waals surface area (Å²) < 4.78 is 10.7. The molecule has 0 bridgehead atoms. The van der Waals surface area contributed by atoms with Crippen molar-refractivity contribution < 1.29 is 9.26 Å². The van der Waals surface area contributed by atoms with Crippen LogP contribution in [0.4, 0.5) is 0 Å². The van der Waals surface area contributed by atoms with Crippen LogP contribution in [0.15, 0.2) is 21.8 Å². The highest BCUT2D eigenvalue weighted by molar-refractivity contribution is 5.80. The molecule has 1 saturated heterocycles. The Kier molecular flexibility index (Phi) is 3.89. The van der Waals surface area contributed by atoms with Gasteiger partial charge >= 0.3 is 0 Å². The number of nitrogens with one attached hydrogen (secondary N) is 2. The van der Waals surface area contributed by atoms with Gasteiger partial charge in [0.05, 0.1) is 12.6 Å². The molecule has 2 N–H and O–H groups in total. The zero-order valence-electron chi connectivity index (χ0n) is 12.9. The minimum absolute atomic E-state index is 0.144. The maximum absolute atomic E-state index is 5.84. The molecule has 0 spiro atoms. The Bertz CT molecular complexity index is 498. The van der Waals surface area contributed by atoms with Gasteiger partial charge < -0.3 is 19.9 Å². The molecule has 1 saturated carbocycles. The summed E-state index contributed by atoms with van der Waals surface area (Å²) in [6, 6.07) is 2.24. The molecule has 2 aliphatic rings. The minimum atomic E-state index is 0.144. The third-order valence-electron chi connectivity index (χ3n) is 4.63. The third kappa shape index (κ3) is 2.64. The predicted molar refractivity (Wildman–Crippen MR) is 79.9 cm³/mol. The lowest BCUT2D eigenvalue weighted by Gasteiger charge is -2.54. The molecule has 0 aromatic carbocycles. The fourth-order valence-corrected chi connectivity index (χ4v) is 3.56. The van der Waals surface area contributed by atoms with E-state index >= 15 is 0 Å². The first-order valence-corrected chi connectivity index (χ1v) is 7.68. The Morgan fingerprint density at radius 2 is 2.38 bits per heavy atom. The lowest BCUT2D eigenvalue weighted by atomic mass is 9.57. The van der Waals surface area contributed by atoms with Gasteiger partial charge in [-0.15, -0.1) is 0 Å². The molecule has 2 heterocycles. The first-order valence-electron chi connectivity index (χ1n) is 7.68. The van der Waals surface area contributed by atoms with Crippen LogP contribution in [0.5, 0.6) is 0 Å². The Labute approximate surface area is 125 Å². The van der Waals surface area contributed by atoms with E-state index < -0.39 is 0 Å². The van der Waals surface area contributed by atoms with Gasteiger partial charge in [0.1, 0.15) is 12.0 Å². The van der Waals surface area contributed by atoms with E-state index in [0.29, 0.717) is 24.6 Å². The number of guanidine groups is 1. The van der Waals surface area contributed by atoms with E-state index in [-0.39, 0.29) is 5.41 Å². The Morgan fingerprint density at radius 1 is 1.52 bits per heavy atom. The molecular weight excluding hydrogens is 268 g/mol. The van der Waals surface area contributed by atoms with Crippen molar-refractivity contribution in [2.24, 2.45) is 16.3 Å². The van der Waals surface area contributed by atoms with Gasteiger partial charge in [-0.1, -0.05) is 19.0 Å². The van der Waals surface area contributed by atoms with Crippen LogP contribution in [0.25, 0.3) is 0 Å². The number of rotatable bonds is 4. The standard InChI is InChI=1S/C15H24N4O2/c1-4-16-14(17-9-10-5-8-21-19-10)18-12-11-6-7-20-13(11)15(12,2)3/h5,8,11-13H,4,6-7,9H2,1-3H3,(H2,16,17,18). The number of hydrogen-bond acceptors (Lipinski definition) is 4. The van der Waals surface area contributed by atoms with E-state index in [2.05, 4.69) is 41.6 Å². The summed E-state index contributed by atoms with van der Waals surface area (Å²) in [6.45, 7) is 8.83. The molecule has 21 heavy (non-hydrogen) atoms. The summed E-state index contributed by atoms with van der Waals surface area (Å²) in [6.07, 6.45) is 3.09. The van der Waals surface area contributed by atoms with E-state index in [1.165, 1.54) is 0 Å². The second-order valence-corrected chi connectivity index (χ2v) is 6.37. The fourth-order valence-electron chi connectivity index (χ4n) is 3.56. The van der Waals surface area contributed by atoms with Crippen molar-refractivity contribution in [3.8, 4) is 0 Å². The van der Waals surface area contributed by atoms with Crippen molar-refractivity contribution >= 4 is 5.96 Å². The van der Waals surface area contributed by atoms with E-state index in [0.717, 1.165) is 31.2 Å². The second kappa shape index (κ2) is 5.67. The van der Waals surface area contributed by atoms with Crippen LogP contribution < -0.4 is 10.6 Å². The maximum Gasteiger partial charge on any atom is 0.191 e. The molecule has 0 radical (unpaired) electrons. The number of aliphatic imine (C=N–C) groups is 1. The topological polar surface area (TPSA) is 71.7 Å². The molecular formula is C15H24N4O2. The second-order valence-electron chi connectivity index (χ2n) is 6.37. The molecule has 0 amide bonds. The molecule has 1 aromatic rings. The quantitative estimate of drug-likeness (QED) is 0.650. The summed E-state index contributed by atoms with van der Waals surface area (Å²) in [5.74, 6) is 1.43. The van der Waals surface area contributed by atoms with Crippen LogP contribution in [0.2, 0.25) is 0 Å². The van der Waals surface area contributed by atoms with Gasteiger partial charge in [0.25, 0.3) is 0 Å². The number of nitrogens with zero attached hydrogens (tertiary/aromatic N) is 2. The third-order valence-corrected chi connectivity index (χ3v) is 4.63. The summed E-state index contributed by atoms with van der Waals surface area (Å²) in [5.41, 5.74) is 0.979. The molecule has 2 fully saturated rings. The van der Waals surface area contributed by atoms with E-state index in [1.807, 2.05) is 6.07 Å². The van der Waals surface area contributed by atoms with Crippen molar-refractivity contribution in [2.75, 3.05) is 13.2 Å². The molecule has 116 valence electrons. The number of hydrogen-bond donors (Lipinski definition) is 2. The van der Waals surface area contributed by atoms with Crippen molar-refractivity contribution in [3.63, 3.8) is 0 Å². The highest BCUT2D eigenvalue weighted by Crippen LogP contribution is 2.52. The zero-order chi connectivity index (χ0) is 14.9. The van der Waals surface area contributed by atoms with Gasteiger partial charge in [0, 0.05) is 36.6 Å². The molecule has 1 aliphatic heterocycles. The summed E-state index contributed by atoms with van der Waals surface area (Å²) in [7, 11) is 0. The van der Waals surface area contributed by atoms with Crippen molar-refractivity contribution in [3.05, 3.63) is 18.0 Å². The fraction of sp³-hybridized carbons (Fsp3) is 0.733. The highest BCUT2D eigenvalue weighted by atomic mass is 16.5. The van der Waals surface area contributed by atoms with Crippen molar-refractivity contribution in [1.29, 1.82) is 0 Å². The lowest BCUT2D eigenvalue weighted by molar-refractivity contribution is -0.106. The van der Waals surface area contributed by atoms with Gasteiger partial charge in [-0.3, -0.25) is 0 Å². The van der Waals surface area contributed by atoms with Gasteiger partial charge in [0.2, 0.25) is 0 Å². The minimum Gasteiger partial charge on any atom is -0.377 e. The molecule has 1 aromatic heterocycles. The first-order chi connectivity index (χ1) is 10.1. The van der Waals surface area contributed by atoms with Gasteiger partial charge in [-0.05, 0) is 13.3 Å². The maximum atomic E-state index is 5.84. The van der Waals surface area contributed by atoms with Crippen LogP contribution >= 0.6 is 0 Å². The van der Waals surface area contributed by atoms with Crippen molar-refractivity contribution in [2.45, 2.75) is 45.9 Å². The molecule has 3 unspecified atom stereocenters. The Balaban J connectivity index is 1.66. The largest absolute Gasteiger partial charge is 0.377 e. The Hall–Kier alpha value is -1.56. The average molecular weight is 292 g/mol. The monoisotopic (exact) mass is 292 g/mol. The summed E-state index contributed by atoms with van der Waals surface area (Å²) in [5, 5.41) is 10.8. The number of ether oxygens (including phenoxy) is 1. The molecule has 1 aliphatic carbocycles. The number of aromatic nitrogens is 1. The van der Waals surface area contributed by atoms with E-state index in [4.69, 9.17) is 9.26 Å². The van der Waals surface area contributed by atoms with Crippen LogP contribution in [0.1, 0.15) is 32.9 Å². The summed E-state index contributed by atoms with van der Waals surface area (Å²) >= 11 is 0. The normalized spacial score (nSPS) is 30.6. The first kappa shape index (κ1) is 14.4. The summed E-state index contributed by atoms with van der Waals surface area (Å²) in [4.78, 5) is 4.59. The number of fused-ring (bicyclic) bond motifs is 1. The van der Waals surface area contributed by atoms with Crippen LogP contribution in [0, 0.1) is 11.3 Å². The van der Waals surface area contributed by atoms with Crippen LogP contribution in [0.3, 0.4) is 0 Å². The zero-order valence-corrected chi connectivity index (χ0v) is 12.9. The van der Waals surface area contributed by atoms with Crippen molar-refractivity contribution in [1.82, 2.24) is 15.8 Å². The van der Waals surface area contributed by atoms with Crippen LogP contribution in [-0.4, -0.2) is 36.4 Å². The smallest absolute Gasteiger partial charge is 0.191 e. The Morgan fingerprint density at radius 3 is 3.10 bits per heavy atom. The lowest BCUT2D eigenvalue weighted by Crippen LogP contribution is -2.67. The molecule has 6 heteroatoms. The molecule has 6 nitrogen and oxygen atoms in total. The van der Waals surface area contributed by atoms with Gasteiger partial charge in [-0.2, -0.15) is 0 Å². The molecule has 3 rings (SSSR count). The van der Waals surface area contributed by atoms with E-state index in [1.54, 1.807) is 6.26 Å². The van der Waals surface area contributed by atoms with Gasteiger partial charge in [0.15, 0.2) is 5.96 Å². The SMILES string of the molecule is CCNC(=NCc1ccon1)NC1C2CCOC2C1(C)C. The highest BCUT2D eigenvalue weighted by Gasteiger charge is 2.59. The average Bonchev–Trinajstić information content (AvgIpc) is 3.11. The van der Waals surface area contributed by atoms with Gasteiger partial charge in [-0.25, -0.2) is 4.99 Å². The van der Waals surface area contributed by atoms with Crippen LogP contribution in [-0.2, 0) is 11.3 Å².